The summed E-state index contributed by atoms with van der Waals surface area (Å²) >= 11 is 0. The number of carbonyl (C=O) groups excluding carboxylic acids is 1. The molecule has 0 amide bonds. The Labute approximate surface area is 61.2 Å². The Balaban J connectivity index is 2.12. The molecule has 1 aliphatic heterocycles. The van der Waals surface area contributed by atoms with Crippen LogP contribution in [0, 0.1) is 11.8 Å². The Bertz CT molecular complexity index is 167. The van der Waals surface area contributed by atoms with E-state index in [0.29, 0.717) is 17.6 Å². The highest BCUT2D eigenvalue weighted by Gasteiger charge is 2.40. The molecule has 0 aromatic heterocycles. The summed E-state index contributed by atoms with van der Waals surface area (Å²) in [6.45, 7) is 2.17. The SMILES string of the molecule is CN1C[C@@H]2CCC(=O)[C@@H]2C1. The van der Waals surface area contributed by atoms with Gasteiger partial charge in [-0.05, 0) is 19.4 Å². The highest BCUT2D eigenvalue weighted by Crippen LogP contribution is 2.34. The van der Waals surface area contributed by atoms with Crippen molar-refractivity contribution in [3.05, 3.63) is 0 Å². The van der Waals surface area contributed by atoms with Crippen LogP contribution in [0.3, 0.4) is 0 Å². The zero-order valence-corrected chi connectivity index (χ0v) is 6.34. The molecule has 0 aromatic rings. The lowest BCUT2D eigenvalue weighted by molar-refractivity contribution is -0.120. The number of nitrogens with zero attached hydrogens (tertiary/aromatic N) is 1. The van der Waals surface area contributed by atoms with Gasteiger partial charge >= 0.3 is 0 Å². The smallest absolute Gasteiger partial charge is 0.137 e. The van der Waals surface area contributed by atoms with Crippen LogP contribution in [0.15, 0.2) is 0 Å². The van der Waals surface area contributed by atoms with Crippen molar-refractivity contribution in [2.75, 3.05) is 20.1 Å². The van der Waals surface area contributed by atoms with Crippen molar-refractivity contribution < 1.29 is 4.79 Å². The molecule has 0 aromatic carbocycles. The minimum Gasteiger partial charge on any atom is -0.305 e. The van der Waals surface area contributed by atoms with Crippen molar-refractivity contribution in [1.82, 2.24) is 4.90 Å². The van der Waals surface area contributed by atoms with E-state index in [1.54, 1.807) is 0 Å². The highest BCUT2D eigenvalue weighted by atomic mass is 16.1. The summed E-state index contributed by atoms with van der Waals surface area (Å²) in [5.41, 5.74) is 0. The van der Waals surface area contributed by atoms with Crippen molar-refractivity contribution in [2.45, 2.75) is 12.8 Å². The van der Waals surface area contributed by atoms with Gasteiger partial charge in [-0.3, -0.25) is 4.79 Å². The lowest BCUT2D eigenvalue weighted by atomic mass is 10.0. The van der Waals surface area contributed by atoms with Crippen molar-refractivity contribution in [3.8, 4) is 0 Å². The van der Waals surface area contributed by atoms with Gasteiger partial charge in [0, 0.05) is 25.4 Å². The molecule has 2 rings (SSSR count). The van der Waals surface area contributed by atoms with Gasteiger partial charge in [0.2, 0.25) is 0 Å². The highest BCUT2D eigenvalue weighted by molar-refractivity contribution is 5.84. The normalized spacial score (nSPS) is 40.7. The minimum absolute atomic E-state index is 0.407. The quantitative estimate of drug-likeness (QED) is 0.488. The first-order valence-corrected chi connectivity index (χ1v) is 3.98. The lowest BCUT2D eigenvalue weighted by Gasteiger charge is -2.06. The van der Waals surface area contributed by atoms with Crippen LogP contribution >= 0.6 is 0 Å². The Morgan fingerprint density at radius 1 is 1.50 bits per heavy atom. The van der Waals surface area contributed by atoms with E-state index in [2.05, 4.69) is 11.9 Å². The van der Waals surface area contributed by atoms with Gasteiger partial charge in [0.15, 0.2) is 0 Å². The Morgan fingerprint density at radius 2 is 2.30 bits per heavy atom. The first kappa shape index (κ1) is 6.35. The summed E-state index contributed by atoms with van der Waals surface area (Å²) < 4.78 is 0. The van der Waals surface area contributed by atoms with Crippen LogP contribution in [0.2, 0.25) is 0 Å². The van der Waals surface area contributed by atoms with Crippen molar-refractivity contribution in [1.29, 1.82) is 0 Å². The summed E-state index contributed by atoms with van der Waals surface area (Å²) in [5.74, 6) is 1.62. The summed E-state index contributed by atoms with van der Waals surface area (Å²) in [5, 5.41) is 0. The molecule has 1 saturated carbocycles. The molecule has 2 nitrogen and oxygen atoms in total. The van der Waals surface area contributed by atoms with E-state index in [1.807, 2.05) is 0 Å². The van der Waals surface area contributed by atoms with Crippen molar-refractivity contribution >= 4 is 5.78 Å². The molecule has 2 aliphatic rings. The molecule has 2 fully saturated rings. The third-order valence-corrected chi connectivity index (χ3v) is 2.80. The Hall–Kier alpha value is -0.370. The number of hydrogen-bond acceptors (Lipinski definition) is 2. The van der Waals surface area contributed by atoms with Gasteiger partial charge in [0.05, 0.1) is 0 Å². The zero-order valence-electron chi connectivity index (χ0n) is 6.34. The number of carbonyl (C=O) groups is 1. The fraction of sp³-hybridized carbons (Fsp3) is 0.875. The van der Waals surface area contributed by atoms with Crippen LogP contribution in [-0.2, 0) is 4.79 Å². The van der Waals surface area contributed by atoms with Gasteiger partial charge in [0.1, 0.15) is 5.78 Å². The number of rotatable bonds is 0. The number of hydrogen-bond donors (Lipinski definition) is 0. The van der Waals surface area contributed by atoms with Gasteiger partial charge < -0.3 is 4.90 Å². The second-order valence-electron chi connectivity index (χ2n) is 3.59. The molecular formula is C8H13NO. The Morgan fingerprint density at radius 3 is 3.00 bits per heavy atom. The summed E-state index contributed by atoms with van der Waals surface area (Å²) in [7, 11) is 2.10. The van der Waals surface area contributed by atoms with Gasteiger partial charge in [-0.2, -0.15) is 0 Å². The number of Topliss-reactive ketones (excluding diaryl/α,β-unsaturated/α-hetero) is 1. The van der Waals surface area contributed by atoms with Crippen LogP contribution in [0.5, 0.6) is 0 Å². The molecule has 0 N–H and O–H groups in total. The first-order chi connectivity index (χ1) is 4.77. The second-order valence-corrected chi connectivity index (χ2v) is 3.59. The van der Waals surface area contributed by atoms with Crippen LogP contribution in [0.1, 0.15) is 12.8 Å². The van der Waals surface area contributed by atoms with E-state index in [1.165, 1.54) is 0 Å². The second kappa shape index (κ2) is 2.06. The van der Waals surface area contributed by atoms with Gasteiger partial charge in [0.25, 0.3) is 0 Å². The van der Waals surface area contributed by atoms with Crippen LogP contribution < -0.4 is 0 Å². The molecule has 10 heavy (non-hydrogen) atoms. The maximum atomic E-state index is 11.2. The number of ketones is 1. The molecule has 1 heterocycles. The molecule has 2 atom stereocenters. The first-order valence-electron chi connectivity index (χ1n) is 3.98. The van der Waals surface area contributed by atoms with Crippen molar-refractivity contribution in [3.63, 3.8) is 0 Å². The predicted molar refractivity (Wildman–Crippen MR) is 38.7 cm³/mol. The zero-order chi connectivity index (χ0) is 7.14. The summed E-state index contributed by atoms with van der Waals surface area (Å²) in [6.07, 6.45) is 2.00. The molecule has 0 unspecified atom stereocenters. The molecule has 0 radical (unpaired) electrons. The molecule has 0 spiro atoms. The topological polar surface area (TPSA) is 20.3 Å². The fourth-order valence-electron chi connectivity index (χ4n) is 2.26. The van der Waals surface area contributed by atoms with E-state index in [4.69, 9.17) is 0 Å². The molecule has 2 heteroatoms. The van der Waals surface area contributed by atoms with Crippen LogP contribution in [-0.4, -0.2) is 30.8 Å². The van der Waals surface area contributed by atoms with E-state index in [-0.39, 0.29) is 0 Å². The third kappa shape index (κ3) is 0.788. The van der Waals surface area contributed by atoms with Crippen LogP contribution in [0.4, 0.5) is 0 Å². The van der Waals surface area contributed by atoms with Gasteiger partial charge in [-0.15, -0.1) is 0 Å². The lowest BCUT2D eigenvalue weighted by Crippen LogP contribution is -2.17. The van der Waals surface area contributed by atoms with E-state index in [9.17, 15) is 4.79 Å². The van der Waals surface area contributed by atoms with Crippen LogP contribution in [0.25, 0.3) is 0 Å². The largest absolute Gasteiger partial charge is 0.305 e. The van der Waals surface area contributed by atoms with Gasteiger partial charge in [-0.25, -0.2) is 0 Å². The van der Waals surface area contributed by atoms with Crippen molar-refractivity contribution in [2.24, 2.45) is 11.8 Å². The summed E-state index contributed by atoms with van der Waals surface area (Å²) in [4.78, 5) is 13.4. The van der Waals surface area contributed by atoms with E-state index >= 15 is 0 Å². The number of likely N-dealkylation sites (tertiary alicyclic amines) is 1. The molecule has 1 saturated heterocycles. The molecule has 1 aliphatic carbocycles. The molecule has 56 valence electrons. The van der Waals surface area contributed by atoms with E-state index < -0.39 is 0 Å². The predicted octanol–water partition coefficient (Wildman–Crippen LogP) is 0.527. The maximum Gasteiger partial charge on any atom is 0.137 e. The monoisotopic (exact) mass is 139 g/mol. The van der Waals surface area contributed by atoms with E-state index in [0.717, 1.165) is 25.9 Å². The molecule has 0 bridgehead atoms. The average Bonchev–Trinajstić information content (AvgIpc) is 2.35. The third-order valence-electron chi connectivity index (χ3n) is 2.80. The fourth-order valence-corrected chi connectivity index (χ4v) is 2.26. The van der Waals surface area contributed by atoms with Gasteiger partial charge in [-0.1, -0.05) is 0 Å². The molecular weight excluding hydrogens is 126 g/mol. The average molecular weight is 139 g/mol. The Kier molecular flexibility index (Phi) is 1.31. The minimum atomic E-state index is 0.407. The maximum absolute atomic E-state index is 11.2. The number of fused-ring (bicyclic) bond motifs is 1. The standard InChI is InChI=1S/C8H13NO/c1-9-4-6-2-3-8(10)7(6)5-9/h6-7H,2-5H2,1H3/t6-,7+/m0/s1. The summed E-state index contributed by atoms with van der Waals surface area (Å²) in [6, 6.07) is 0.